The van der Waals surface area contributed by atoms with Gasteiger partial charge in [0.15, 0.2) is 5.78 Å². The van der Waals surface area contributed by atoms with Crippen LogP contribution in [0.5, 0.6) is 0 Å². The molecule has 0 aliphatic rings. The molecule has 1 heterocycles. The molecule has 0 fully saturated rings. The van der Waals surface area contributed by atoms with Crippen LogP contribution in [0.3, 0.4) is 0 Å². The third-order valence-corrected chi connectivity index (χ3v) is 3.13. The number of hydrogen-bond donors (Lipinski definition) is 2. The first kappa shape index (κ1) is 17.0. The van der Waals surface area contributed by atoms with Crippen molar-refractivity contribution in [2.24, 2.45) is 5.73 Å². The van der Waals surface area contributed by atoms with E-state index in [1.165, 1.54) is 4.90 Å². The number of aromatic amines is 1. The topological polar surface area (TPSA) is 101 Å². The molecular weight excluding hydrogens is 296 g/mol. The first-order chi connectivity index (χ1) is 10.7. The maximum atomic E-state index is 12.0. The van der Waals surface area contributed by atoms with Gasteiger partial charge in [-0.3, -0.25) is 4.79 Å². The third kappa shape index (κ3) is 4.29. The lowest BCUT2D eigenvalue weighted by Crippen LogP contribution is -2.34. The van der Waals surface area contributed by atoms with Crippen molar-refractivity contribution in [2.45, 2.75) is 32.9 Å². The first-order valence-electron chi connectivity index (χ1n) is 7.35. The Bertz CT molecular complexity index is 730. The molecule has 23 heavy (non-hydrogen) atoms. The minimum Gasteiger partial charge on any atom is -0.444 e. The van der Waals surface area contributed by atoms with E-state index in [2.05, 4.69) is 9.97 Å². The maximum Gasteiger partial charge on any atom is 0.410 e. The van der Waals surface area contributed by atoms with Crippen molar-refractivity contribution in [1.29, 1.82) is 0 Å². The summed E-state index contributed by atoms with van der Waals surface area (Å²) < 4.78 is 5.30. The summed E-state index contributed by atoms with van der Waals surface area (Å²) in [4.78, 5) is 32.6. The second-order valence-electron chi connectivity index (χ2n) is 6.38. The zero-order valence-corrected chi connectivity index (χ0v) is 13.8. The minimum absolute atomic E-state index is 0.0338. The number of H-pyrrole nitrogens is 1. The molecule has 0 aliphatic carbocycles. The van der Waals surface area contributed by atoms with Gasteiger partial charge < -0.3 is 20.4 Å². The second-order valence-corrected chi connectivity index (χ2v) is 6.38. The van der Waals surface area contributed by atoms with Gasteiger partial charge in [-0.1, -0.05) is 0 Å². The molecule has 1 amide bonds. The SMILES string of the molecule is CN(Cc1nc2ccc(C(=O)CN)cc2[nH]1)C(=O)OC(C)(C)C. The summed E-state index contributed by atoms with van der Waals surface area (Å²) in [6.07, 6.45) is -0.419. The summed E-state index contributed by atoms with van der Waals surface area (Å²) in [6, 6.07) is 5.17. The number of ketones is 1. The van der Waals surface area contributed by atoms with Gasteiger partial charge in [-0.15, -0.1) is 0 Å². The highest BCUT2D eigenvalue weighted by Crippen LogP contribution is 2.16. The molecule has 0 bridgehead atoms. The van der Waals surface area contributed by atoms with E-state index in [0.29, 0.717) is 11.4 Å². The fourth-order valence-corrected chi connectivity index (χ4v) is 2.06. The number of nitrogens with zero attached hydrogens (tertiary/aromatic N) is 2. The summed E-state index contributed by atoms with van der Waals surface area (Å²) >= 11 is 0. The van der Waals surface area contributed by atoms with E-state index in [9.17, 15) is 9.59 Å². The van der Waals surface area contributed by atoms with Crippen LogP contribution in [0.1, 0.15) is 37.0 Å². The predicted molar refractivity (Wildman–Crippen MR) is 87.2 cm³/mol. The quantitative estimate of drug-likeness (QED) is 0.840. The van der Waals surface area contributed by atoms with Crippen molar-refractivity contribution in [2.75, 3.05) is 13.6 Å². The normalized spacial score (nSPS) is 11.5. The van der Waals surface area contributed by atoms with Gasteiger partial charge in [0.1, 0.15) is 11.4 Å². The number of imidazole rings is 1. The van der Waals surface area contributed by atoms with Gasteiger partial charge >= 0.3 is 6.09 Å². The average Bonchev–Trinajstić information content (AvgIpc) is 2.85. The van der Waals surface area contributed by atoms with Crippen LogP contribution in [0.15, 0.2) is 18.2 Å². The number of carbonyl (C=O) groups excluding carboxylic acids is 2. The molecule has 2 rings (SSSR count). The Kier molecular flexibility index (Phi) is 4.70. The molecule has 0 saturated carbocycles. The van der Waals surface area contributed by atoms with E-state index in [-0.39, 0.29) is 18.9 Å². The molecule has 1 aromatic heterocycles. The van der Waals surface area contributed by atoms with E-state index >= 15 is 0 Å². The van der Waals surface area contributed by atoms with Crippen LogP contribution < -0.4 is 5.73 Å². The Morgan fingerprint density at radius 2 is 2.04 bits per heavy atom. The standard InChI is InChI=1S/C16H22N4O3/c1-16(2,3)23-15(22)20(4)9-14-18-11-6-5-10(13(21)8-17)7-12(11)19-14/h5-7H,8-9,17H2,1-4H3,(H,18,19). The van der Waals surface area contributed by atoms with Crippen LogP contribution in [-0.2, 0) is 11.3 Å². The highest BCUT2D eigenvalue weighted by Gasteiger charge is 2.20. The predicted octanol–water partition coefficient (Wildman–Crippen LogP) is 2.07. The van der Waals surface area contributed by atoms with Crippen LogP contribution in [0.4, 0.5) is 4.79 Å². The molecule has 0 atom stereocenters. The van der Waals surface area contributed by atoms with Crippen molar-refractivity contribution >= 4 is 22.9 Å². The van der Waals surface area contributed by atoms with Gasteiger partial charge in [0, 0.05) is 12.6 Å². The van der Waals surface area contributed by atoms with Gasteiger partial charge in [0.05, 0.1) is 24.1 Å². The largest absolute Gasteiger partial charge is 0.444 e. The number of amides is 1. The van der Waals surface area contributed by atoms with E-state index in [1.807, 2.05) is 20.8 Å². The molecule has 7 heteroatoms. The Morgan fingerprint density at radius 3 is 2.65 bits per heavy atom. The number of carbonyl (C=O) groups is 2. The van der Waals surface area contributed by atoms with Crippen molar-refractivity contribution in [1.82, 2.24) is 14.9 Å². The number of fused-ring (bicyclic) bond motifs is 1. The maximum absolute atomic E-state index is 12.0. The number of nitrogens with one attached hydrogen (secondary N) is 1. The van der Waals surface area contributed by atoms with E-state index in [4.69, 9.17) is 10.5 Å². The zero-order chi connectivity index (χ0) is 17.2. The number of nitrogens with two attached hydrogens (primary N) is 1. The lowest BCUT2D eigenvalue weighted by atomic mass is 10.1. The first-order valence-corrected chi connectivity index (χ1v) is 7.35. The monoisotopic (exact) mass is 318 g/mol. The van der Waals surface area contributed by atoms with Gasteiger partial charge in [0.25, 0.3) is 0 Å². The average molecular weight is 318 g/mol. The molecule has 124 valence electrons. The van der Waals surface area contributed by atoms with E-state index < -0.39 is 11.7 Å². The molecule has 7 nitrogen and oxygen atoms in total. The second kappa shape index (κ2) is 6.37. The number of hydrogen-bond acceptors (Lipinski definition) is 5. The summed E-state index contributed by atoms with van der Waals surface area (Å²) in [5, 5.41) is 0. The van der Waals surface area contributed by atoms with Gasteiger partial charge in [-0.2, -0.15) is 0 Å². The highest BCUT2D eigenvalue weighted by molar-refractivity contribution is 6.00. The van der Waals surface area contributed by atoms with Crippen LogP contribution in [0, 0.1) is 0 Å². The smallest absolute Gasteiger partial charge is 0.410 e. The zero-order valence-electron chi connectivity index (χ0n) is 13.8. The summed E-state index contributed by atoms with van der Waals surface area (Å²) in [5.74, 6) is 0.486. The van der Waals surface area contributed by atoms with Gasteiger partial charge in [-0.25, -0.2) is 9.78 Å². The van der Waals surface area contributed by atoms with Crippen LogP contribution >= 0.6 is 0 Å². The molecule has 0 radical (unpaired) electrons. The molecule has 0 aliphatic heterocycles. The van der Waals surface area contributed by atoms with Gasteiger partial charge in [0.2, 0.25) is 0 Å². The minimum atomic E-state index is -0.545. The van der Waals surface area contributed by atoms with Gasteiger partial charge in [-0.05, 0) is 39.0 Å². The Labute approximate surface area is 134 Å². The Morgan fingerprint density at radius 1 is 1.35 bits per heavy atom. The fraction of sp³-hybridized carbons (Fsp3) is 0.438. The summed E-state index contributed by atoms with van der Waals surface area (Å²) in [5.41, 5.74) is 6.82. The van der Waals surface area contributed by atoms with Crippen molar-refractivity contribution in [3.8, 4) is 0 Å². The van der Waals surface area contributed by atoms with Crippen LogP contribution in [0.2, 0.25) is 0 Å². The number of ether oxygens (including phenoxy) is 1. The molecule has 0 unspecified atom stereocenters. The van der Waals surface area contributed by atoms with E-state index in [0.717, 1.165) is 11.0 Å². The molecule has 0 saturated heterocycles. The molecular formula is C16H22N4O3. The fourth-order valence-electron chi connectivity index (χ4n) is 2.06. The lowest BCUT2D eigenvalue weighted by Gasteiger charge is -2.24. The number of Topliss-reactive ketones (excluding diaryl/α,β-unsaturated/α-hetero) is 1. The van der Waals surface area contributed by atoms with E-state index in [1.54, 1.807) is 25.2 Å². The Balaban J connectivity index is 2.14. The lowest BCUT2D eigenvalue weighted by molar-refractivity contribution is 0.0281. The summed E-state index contributed by atoms with van der Waals surface area (Å²) in [7, 11) is 1.64. The summed E-state index contributed by atoms with van der Waals surface area (Å²) in [6.45, 7) is 5.69. The number of aromatic nitrogens is 2. The molecule has 1 aromatic carbocycles. The molecule has 3 N–H and O–H groups in total. The van der Waals surface area contributed by atoms with Crippen LogP contribution in [-0.4, -0.2) is 45.9 Å². The molecule has 2 aromatic rings. The Hall–Kier alpha value is -2.41. The van der Waals surface area contributed by atoms with Crippen molar-refractivity contribution in [3.63, 3.8) is 0 Å². The number of rotatable bonds is 4. The highest BCUT2D eigenvalue weighted by atomic mass is 16.6. The van der Waals surface area contributed by atoms with Crippen molar-refractivity contribution < 1.29 is 14.3 Å². The van der Waals surface area contributed by atoms with Crippen LogP contribution in [0.25, 0.3) is 11.0 Å². The number of benzene rings is 1. The third-order valence-electron chi connectivity index (χ3n) is 3.13. The van der Waals surface area contributed by atoms with Crippen molar-refractivity contribution in [3.05, 3.63) is 29.6 Å². The molecule has 0 spiro atoms.